The Kier molecular flexibility index (Phi) is 5.17. The molecule has 0 aliphatic rings. The Bertz CT molecular complexity index is 517. The predicted octanol–water partition coefficient (Wildman–Crippen LogP) is 4.28. The maximum atomic E-state index is 11.7. The first kappa shape index (κ1) is 13.8. The Morgan fingerprint density at radius 1 is 0.842 bits per heavy atom. The number of halogens is 1. The summed E-state index contributed by atoms with van der Waals surface area (Å²) >= 11 is 5.57. The fourth-order valence-electron chi connectivity index (χ4n) is 2.02. The van der Waals surface area contributed by atoms with Gasteiger partial charge in [0.05, 0.1) is 0 Å². The molecule has 0 aromatic heterocycles. The van der Waals surface area contributed by atoms with Crippen LogP contribution in [0.4, 0.5) is 0 Å². The van der Waals surface area contributed by atoms with Gasteiger partial charge in [-0.15, -0.1) is 11.6 Å². The van der Waals surface area contributed by atoms with Crippen LogP contribution in [0.5, 0.6) is 0 Å². The Balaban J connectivity index is 1.94. The van der Waals surface area contributed by atoms with Crippen LogP contribution in [0.3, 0.4) is 0 Å². The normalized spacial score (nSPS) is 10.4. The highest BCUT2D eigenvalue weighted by atomic mass is 35.5. The monoisotopic (exact) mass is 272 g/mol. The fourth-order valence-corrected chi connectivity index (χ4v) is 2.19. The van der Waals surface area contributed by atoms with Crippen LogP contribution in [-0.4, -0.2) is 11.7 Å². The first-order valence-electron chi connectivity index (χ1n) is 6.51. The largest absolute Gasteiger partial charge is 0.294 e. The summed E-state index contributed by atoms with van der Waals surface area (Å²) < 4.78 is 0. The van der Waals surface area contributed by atoms with E-state index >= 15 is 0 Å². The molecule has 98 valence electrons. The van der Waals surface area contributed by atoms with Crippen LogP contribution in [0.25, 0.3) is 0 Å². The molecule has 1 nitrogen and oxygen atoms in total. The van der Waals surface area contributed by atoms with E-state index in [9.17, 15) is 4.79 Å². The average Bonchev–Trinajstić information content (AvgIpc) is 2.47. The molecule has 0 atom stereocenters. The van der Waals surface area contributed by atoms with E-state index in [-0.39, 0.29) is 5.78 Å². The topological polar surface area (TPSA) is 17.1 Å². The summed E-state index contributed by atoms with van der Waals surface area (Å²) in [5, 5.41) is 0. The van der Waals surface area contributed by atoms with Gasteiger partial charge in [0.25, 0.3) is 0 Å². The zero-order valence-electron chi connectivity index (χ0n) is 10.8. The van der Waals surface area contributed by atoms with Gasteiger partial charge in [-0.05, 0) is 24.0 Å². The molecule has 0 fully saturated rings. The van der Waals surface area contributed by atoms with Crippen LogP contribution in [0.15, 0.2) is 54.6 Å². The van der Waals surface area contributed by atoms with Crippen LogP contribution in [-0.2, 0) is 12.8 Å². The highest BCUT2D eigenvalue weighted by molar-refractivity contribution is 6.19. The Hall–Kier alpha value is -1.60. The molecule has 0 heterocycles. The molecule has 0 aliphatic carbocycles. The van der Waals surface area contributed by atoms with Crippen molar-refractivity contribution in [3.8, 4) is 0 Å². The van der Waals surface area contributed by atoms with Crippen LogP contribution in [0.2, 0.25) is 0 Å². The zero-order valence-corrected chi connectivity index (χ0v) is 11.6. The summed E-state index contributed by atoms with van der Waals surface area (Å²) in [5.74, 6) is 0.499. The molecule has 0 unspecified atom stereocenters. The molecule has 2 aromatic carbocycles. The number of ketones is 1. The lowest BCUT2D eigenvalue weighted by atomic mass is 10.0. The smallest absolute Gasteiger partial charge is 0.164 e. The number of hydrogen-bond acceptors (Lipinski definition) is 1. The summed E-state index contributed by atoms with van der Waals surface area (Å²) in [6, 6.07) is 18.3. The van der Waals surface area contributed by atoms with Gasteiger partial charge < -0.3 is 0 Å². The molecule has 2 rings (SSSR count). The number of aryl methyl sites for hydroxylation is 2. The molecular formula is C17H17ClO. The van der Waals surface area contributed by atoms with Crippen molar-refractivity contribution in [3.63, 3.8) is 0 Å². The predicted molar refractivity (Wildman–Crippen MR) is 80.0 cm³/mol. The summed E-state index contributed by atoms with van der Waals surface area (Å²) in [7, 11) is 0. The Morgan fingerprint density at radius 2 is 1.42 bits per heavy atom. The minimum absolute atomic E-state index is 0.115. The van der Waals surface area contributed by atoms with Gasteiger partial charge in [0.1, 0.15) is 0 Å². The molecule has 0 amide bonds. The molecule has 0 bridgehead atoms. The first-order chi connectivity index (χ1) is 9.29. The molecule has 0 saturated carbocycles. The van der Waals surface area contributed by atoms with Gasteiger partial charge in [-0.3, -0.25) is 4.79 Å². The lowest BCUT2D eigenvalue weighted by Gasteiger charge is -2.04. The van der Waals surface area contributed by atoms with E-state index in [1.54, 1.807) is 0 Å². The van der Waals surface area contributed by atoms with E-state index in [1.807, 2.05) is 30.3 Å². The maximum Gasteiger partial charge on any atom is 0.164 e. The van der Waals surface area contributed by atoms with Crippen LogP contribution in [0.1, 0.15) is 27.9 Å². The Labute approximate surface area is 119 Å². The number of alkyl halides is 1. The molecule has 0 aliphatic heterocycles. The lowest BCUT2D eigenvalue weighted by Crippen LogP contribution is -2.00. The Morgan fingerprint density at radius 3 is 2.00 bits per heavy atom. The van der Waals surface area contributed by atoms with Crippen molar-refractivity contribution >= 4 is 17.4 Å². The second kappa shape index (κ2) is 7.10. The van der Waals surface area contributed by atoms with E-state index in [0.717, 1.165) is 18.4 Å². The SMILES string of the molecule is O=C(CCCl)c1ccc(CCc2ccccc2)cc1. The van der Waals surface area contributed by atoms with Crippen molar-refractivity contribution in [2.24, 2.45) is 0 Å². The number of rotatable bonds is 6. The van der Waals surface area contributed by atoms with Gasteiger partial charge in [0.2, 0.25) is 0 Å². The summed E-state index contributed by atoms with van der Waals surface area (Å²) in [6.07, 6.45) is 2.43. The number of Topliss-reactive ketones (excluding diaryl/α,β-unsaturated/α-hetero) is 1. The van der Waals surface area contributed by atoms with Gasteiger partial charge in [0, 0.05) is 17.9 Å². The quantitative estimate of drug-likeness (QED) is 0.566. The third-order valence-electron chi connectivity index (χ3n) is 3.14. The van der Waals surface area contributed by atoms with Crippen LogP contribution < -0.4 is 0 Å². The first-order valence-corrected chi connectivity index (χ1v) is 7.05. The van der Waals surface area contributed by atoms with Gasteiger partial charge >= 0.3 is 0 Å². The fraction of sp³-hybridized carbons (Fsp3) is 0.235. The van der Waals surface area contributed by atoms with E-state index in [4.69, 9.17) is 11.6 Å². The van der Waals surface area contributed by atoms with Gasteiger partial charge in [0.15, 0.2) is 5.78 Å². The van der Waals surface area contributed by atoms with Crippen molar-refractivity contribution in [2.75, 3.05) is 5.88 Å². The van der Waals surface area contributed by atoms with Crippen molar-refractivity contribution in [1.82, 2.24) is 0 Å². The lowest BCUT2D eigenvalue weighted by molar-refractivity contribution is 0.0989. The molecule has 0 saturated heterocycles. The third-order valence-corrected chi connectivity index (χ3v) is 3.33. The van der Waals surface area contributed by atoms with Gasteiger partial charge in [-0.25, -0.2) is 0 Å². The van der Waals surface area contributed by atoms with Crippen LogP contribution in [0, 0.1) is 0 Å². The number of carbonyl (C=O) groups is 1. The molecule has 0 radical (unpaired) electrons. The van der Waals surface area contributed by atoms with Crippen LogP contribution >= 0.6 is 11.6 Å². The number of carbonyl (C=O) groups excluding carboxylic acids is 1. The second-order valence-corrected chi connectivity index (χ2v) is 4.92. The minimum Gasteiger partial charge on any atom is -0.294 e. The summed E-state index contributed by atoms with van der Waals surface area (Å²) in [4.78, 5) is 11.7. The highest BCUT2D eigenvalue weighted by Gasteiger charge is 2.04. The molecule has 0 N–H and O–H groups in total. The minimum atomic E-state index is 0.115. The summed E-state index contributed by atoms with van der Waals surface area (Å²) in [6.45, 7) is 0. The van der Waals surface area contributed by atoms with Gasteiger partial charge in [-0.2, -0.15) is 0 Å². The van der Waals surface area contributed by atoms with Gasteiger partial charge in [-0.1, -0.05) is 54.6 Å². The summed E-state index contributed by atoms with van der Waals surface area (Å²) in [5.41, 5.74) is 3.35. The average molecular weight is 273 g/mol. The number of hydrogen-bond donors (Lipinski definition) is 0. The van der Waals surface area contributed by atoms with Crippen molar-refractivity contribution < 1.29 is 4.79 Å². The molecular weight excluding hydrogens is 256 g/mol. The van der Waals surface area contributed by atoms with E-state index in [2.05, 4.69) is 24.3 Å². The number of benzene rings is 2. The molecule has 0 spiro atoms. The second-order valence-electron chi connectivity index (χ2n) is 4.54. The zero-order chi connectivity index (χ0) is 13.5. The van der Waals surface area contributed by atoms with E-state index in [1.165, 1.54) is 11.1 Å². The van der Waals surface area contributed by atoms with Crippen molar-refractivity contribution in [2.45, 2.75) is 19.3 Å². The molecule has 2 aromatic rings. The highest BCUT2D eigenvalue weighted by Crippen LogP contribution is 2.10. The standard InChI is InChI=1S/C17H17ClO/c18-13-12-17(19)16-10-8-15(9-11-16)7-6-14-4-2-1-3-5-14/h1-5,8-11H,6-7,12-13H2. The van der Waals surface area contributed by atoms with Crippen molar-refractivity contribution in [3.05, 3.63) is 71.3 Å². The molecule has 2 heteroatoms. The van der Waals surface area contributed by atoms with E-state index < -0.39 is 0 Å². The third kappa shape index (κ3) is 4.22. The van der Waals surface area contributed by atoms with Crippen molar-refractivity contribution in [1.29, 1.82) is 0 Å². The van der Waals surface area contributed by atoms with E-state index in [0.29, 0.717) is 12.3 Å². The maximum absolute atomic E-state index is 11.7. The molecule has 19 heavy (non-hydrogen) atoms.